The Bertz CT molecular complexity index is 1590. The lowest BCUT2D eigenvalue weighted by Crippen LogP contribution is -2.58. The molecular formula is C44H70N8O8. The lowest BCUT2D eigenvalue weighted by Gasteiger charge is -2.47. The maximum Gasteiger partial charge on any atom is 0.324 e. The molecule has 16 heteroatoms. The summed E-state index contributed by atoms with van der Waals surface area (Å²) in [6.07, 6.45) is 13.1. The van der Waals surface area contributed by atoms with E-state index in [1.54, 1.807) is 15.9 Å². The van der Waals surface area contributed by atoms with Gasteiger partial charge in [-0.15, -0.1) is 6.58 Å². The molecule has 60 heavy (non-hydrogen) atoms. The second-order valence-corrected chi connectivity index (χ2v) is 18.5. The molecule has 1 aromatic heterocycles. The van der Waals surface area contributed by atoms with Gasteiger partial charge in [0.15, 0.2) is 6.10 Å². The zero-order valence-electron chi connectivity index (χ0n) is 36.2. The average molecular weight is 839 g/mol. The average Bonchev–Trinajstić information content (AvgIpc) is 3.25. The standard InChI is InChI=1S/C33H51N5O5.C11H19N3O3/c1-5-10-25(36-29(40)28-22-38(15-16-42-28)31(41)37-13-7-6-8-14-37)27(39)21-34-26-19-33(11-9-12-33)43-30-24(26)17-23(20-35-30)18-32(2,3)4;15-10(9-8-12-4-7-17-9)13-11(16)14-5-2-1-3-6-14/h5,17,20,25-28,34,39H,1,6-16,18-19,21-22H2,2-4H3,(H,36,40);9,12H,1-8H2,(H,13,15,16)/t25-,26-,27+,28?;9-/m00/s1. The van der Waals surface area contributed by atoms with Crippen molar-refractivity contribution in [2.75, 3.05) is 72.1 Å². The molecule has 1 unspecified atom stereocenters. The van der Waals surface area contributed by atoms with Crippen LogP contribution in [0.3, 0.4) is 0 Å². The van der Waals surface area contributed by atoms with Gasteiger partial charge in [0.1, 0.15) is 11.7 Å². The summed E-state index contributed by atoms with van der Waals surface area (Å²) < 4.78 is 17.5. The number of aromatic nitrogens is 1. The van der Waals surface area contributed by atoms with Crippen molar-refractivity contribution >= 4 is 23.9 Å². The third-order valence-corrected chi connectivity index (χ3v) is 12.3. The predicted octanol–water partition coefficient (Wildman–Crippen LogP) is 3.43. The van der Waals surface area contributed by atoms with Crippen molar-refractivity contribution in [2.45, 2.75) is 134 Å². The van der Waals surface area contributed by atoms with Crippen molar-refractivity contribution in [3.8, 4) is 5.88 Å². The number of carbonyl (C=O) groups excluding carboxylic acids is 4. The second kappa shape index (κ2) is 21.3. The summed E-state index contributed by atoms with van der Waals surface area (Å²) in [5.74, 6) is 0.0281. The molecule has 5 aliphatic heterocycles. The Morgan fingerprint density at radius 2 is 1.65 bits per heavy atom. The summed E-state index contributed by atoms with van der Waals surface area (Å²) in [5, 5.41) is 23.4. The van der Waals surface area contributed by atoms with E-state index in [0.717, 1.165) is 109 Å². The lowest BCUT2D eigenvalue weighted by atomic mass is 9.73. The van der Waals surface area contributed by atoms with Gasteiger partial charge >= 0.3 is 12.1 Å². The van der Waals surface area contributed by atoms with Crippen LogP contribution in [0.5, 0.6) is 5.88 Å². The highest BCUT2D eigenvalue weighted by Gasteiger charge is 2.46. The molecule has 0 aromatic carbocycles. The van der Waals surface area contributed by atoms with Crippen LogP contribution >= 0.6 is 0 Å². The number of imide groups is 1. The number of pyridine rings is 1. The van der Waals surface area contributed by atoms with Gasteiger partial charge in [0, 0.05) is 76.6 Å². The molecule has 6 amide bonds. The number of carbonyl (C=O) groups is 4. The molecule has 0 radical (unpaired) electrons. The number of likely N-dealkylation sites (tertiary alicyclic amines) is 2. The molecule has 0 bridgehead atoms. The number of piperidine rings is 2. The fourth-order valence-electron chi connectivity index (χ4n) is 8.88. The Labute approximate surface area is 355 Å². The Morgan fingerprint density at radius 1 is 0.950 bits per heavy atom. The zero-order chi connectivity index (χ0) is 42.7. The van der Waals surface area contributed by atoms with Crippen LogP contribution in [0, 0.1) is 5.41 Å². The third kappa shape index (κ3) is 12.6. The Hall–Kier alpha value is -3.83. The van der Waals surface area contributed by atoms with Crippen LogP contribution in [-0.4, -0.2) is 151 Å². The fraction of sp³-hybridized carbons (Fsp3) is 0.750. The molecule has 1 aromatic rings. The Morgan fingerprint density at radius 3 is 2.28 bits per heavy atom. The number of ether oxygens (including phenoxy) is 3. The Kier molecular flexibility index (Phi) is 16.2. The van der Waals surface area contributed by atoms with Crippen LogP contribution in [0.25, 0.3) is 0 Å². The molecule has 334 valence electrons. The number of aliphatic hydroxyl groups excluding tert-OH is 1. The van der Waals surface area contributed by atoms with Gasteiger partial charge < -0.3 is 50.0 Å². The fourth-order valence-corrected chi connectivity index (χ4v) is 8.88. The number of nitrogens with zero attached hydrogens (tertiary/aromatic N) is 4. The van der Waals surface area contributed by atoms with Crippen LogP contribution in [-0.2, 0) is 25.5 Å². The maximum absolute atomic E-state index is 13.3. The van der Waals surface area contributed by atoms with E-state index in [1.165, 1.54) is 5.56 Å². The Balaban J connectivity index is 0.000000296. The first kappa shape index (κ1) is 45.7. The molecule has 5 atom stereocenters. The van der Waals surface area contributed by atoms with Crippen LogP contribution in [0.15, 0.2) is 24.9 Å². The van der Waals surface area contributed by atoms with E-state index in [9.17, 15) is 24.3 Å². The highest BCUT2D eigenvalue weighted by molar-refractivity contribution is 5.96. The number of fused-ring (bicyclic) bond motifs is 1. The summed E-state index contributed by atoms with van der Waals surface area (Å²) in [5.41, 5.74) is 2.14. The highest BCUT2D eigenvalue weighted by Crippen LogP contribution is 2.48. The molecule has 6 aliphatic rings. The molecule has 1 spiro atoms. The first-order valence-electron chi connectivity index (χ1n) is 22.4. The van der Waals surface area contributed by atoms with Gasteiger partial charge in [-0.2, -0.15) is 0 Å². The number of hydrogen-bond donors (Lipinski definition) is 5. The molecule has 7 rings (SSSR count). The molecule has 5 fully saturated rings. The zero-order valence-corrected chi connectivity index (χ0v) is 36.2. The second-order valence-electron chi connectivity index (χ2n) is 18.5. The summed E-state index contributed by atoms with van der Waals surface area (Å²) >= 11 is 0. The number of rotatable bonds is 10. The molecule has 6 heterocycles. The summed E-state index contributed by atoms with van der Waals surface area (Å²) in [4.78, 5) is 59.8. The minimum atomic E-state index is -0.856. The van der Waals surface area contributed by atoms with Crippen molar-refractivity contribution in [3.63, 3.8) is 0 Å². The summed E-state index contributed by atoms with van der Waals surface area (Å²) in [7, 11) is 0. The molecule has 16 nitrogen and oxygen atoms in total. The maximum atomic E-state index is 13.3. The minimum absolute atomic E-state index is 0.0118. The smallest absolute Gasteiger partial charge is 0.324 e. The van der Waals surface area contributed by atoms with Crippen molar-refractivity contribution in [3.05, 3.63) is 36.0 Å². The topological polar surface area (TPSA) is 187 Å². The first-order chi connectivity index (χ1) is 28.8. The van der Waals surface area contributed by atoms with E-state index < -0.39 is 24.4 Å². The van der Waals surface area contributed by atoms with Crippen molar-refractivity contribution in [1.29, 1.82) is 0 Å². The number of urea groups is 2. The molecule has 5 N–H and O–H groups in total. The van der Waals surface area contributed by atoms with Crippen LogP contribution in [0.4, 0.5) is 9.59 Å². The normalized spacial score (nSPS) is 24.9. The number of amides is 6. The van der Waals surface area contributed by atoms with E-state index in [1.807, 2.05) is 11.1 Å². The van der Waals surface area contributed by atoms with Crippen molar-refractivity contribution < 1.29 is 38.5 Å². The molecule has 1 saturated carbocycles. The van der Waals surface area contributed by atoms with E-state index >= 15 is 0 Å². The van der Waals surface area contributed by atoms with E-state index in [0.29, 0.717) is 38.6 Å². The largest absolute Gasteiger partial charge is 0.471 e. The van der Waals surface area contributed by atoms with E-state index in [4.69, 9.17) is 19.2 Å². The van der Waals surface area contributed by atoms with Crippen LogP contribution in [0.1, 0.15) is 109 Å². The van der Waals surface area contributed by atoms with Crippen molar-refractivity contribution in [1.82, 2.24) is 41.0 Å². The molecule has 4 saturated heterocycles. The van der Waals surface area contributed by atoms with Gasteiger partial charge in [-0.3, -0.25) is 14.9 Å². The van der Waals surface area contributed by atoms with Gasteiger partial charge in [0.05, 0.1) is 31.9 Å². The van der Waals surface area contributed by atoms with Crippen LogP contribution in [0.2, 0.25) is 0 Å². The first-order valence-corrected chi connectivity index (χ1v) is 22.4. The molecule has 1 aliphatic carbocycles. The lowest BCUT2D eigenvalue weighted by molar-refractivity contribution is -0.139. The monoisotopic (exact) mass is 839 g/mol. The van der Waals surface area contributed by atoms with E-state index in [2.05, 4.69) is 54.7 Å². The van der Waals surface area contributed by atoms with Gasteiger partial charge in [0.2, 0.25) is 5.88 Å². The summed E-state index contributed by atoms with van der Waals surface area (Å²) in [6, 6.07) is 1.33. The quantitative estimate of drug-likeness (QED) is 0.218. The number of hydrogen-bond acceptors (Lipinski definition) is 11. The van der Waals surface area contributed by atoms with Gasteiger partial charge in [-0.05, 0) is 87.7 Å². The van der Waals surface area contributed by atoms with Gasteiger partial charge in [-0.1, -0.05) is 26.8 Å². The number of nitrogens with one attached hydrogen (secondary N) is 4. The minimum Gasteiger partial charge on any atom is -0.471 e. The number of morpholine rings is 2. The van der Waals surface area contributed by atoms with Crippen molar-refractivity contribution in [2.24, 2.45) is 5.41 Å². The predicted molar refractivity (Wildman–Crippen MR) is 226 cm³/mol. The van der Waals surface area contributed by atoms with E-state index in [-0.39, 0.29) is 54.0 Å². The number of aliphatic hydroxyl groups is 1. The SMILES string of the molecule is C=CC[C@H](NC(=O)C1CN(C(=O)N2CCCCC2)CCO1)[C@H](O)CN[C@H]1CC2(CCC2)Oc2ncc(CC(C)(C)C)cc21.O=C(NC(=O)N1CCCCC1)[C@@H]1CNCCO1. The summed E-state index contributed by atoms with van der Waals surface area (Å²) in [6.45, 7) is 16.5. The molecular weight excluding hydrogens is 769 g/mol. The third-order valence-electron chi connectivity index (χ3n) is 12.3. The van der Waals surface area contributed by atoms with Gasteiger partial charge in [-0.25, -0.2) is 14.6 Å². The van der Waals surface area contributed by atoms with Crippen LogP contribution < -0.4 is 26.0 Å². The highest BCUT2D eigenvalue weighted by atomic mass is 16.5. The van der Waals surface area contributed by atoms with Gasteiger partial charge in [0.25, 0.3) is 11.8 Å².